The zero-order valence-electron chi connectivity index (χ0n) is 17.7. The Bertz CT molecular complexity index is 1280. The van der Waals surface area contributed by atoms with Crippen LogP contribution in [0.4, 0.5) is 5.69 Å². The first-order valence-electron chi connectivity index (χ1n) is 10.0. The molecule has 2 aromatic carbocycles. The summed E-state index contributed by atoms with van der Waals surface area (Å²) in [7, 11) is 0. The molecule has 168 valence electrons. The van der Waals surface area contributed by atoms with E-state index in [1.54, 1.807) is 35.6 Å². The van der Waals surface area contributed by atoms with Crippen molar-refractivity contribution in [2.45, 2.75) is 18.6 Å². The largest absolute Gasteiger partial charge is 0.325 e. The number of hydrogen-bond donors (Lipinski definition) is 1. The molecule has 0 bridgehead atoms. The van der Waals surface area contributed by atoms with Gasteiger partial charge in [0.1, 0.15) is 0 Å². The van der Waals surface area contributed by atoms with Gasteiger partial charge in [0.2, 0.25) is 5.91 Å². The van der Waals surface area contributed by atoms with E-state index >= 15 is 0 Å². The molecule has 4 aromatic rings. The van der Waals surface area contributed by atoms with Crippen molar-refractivity contribution in [3.8, 4) is 22.5 Å². The summed E-state index contributed by atoms with van der Waals surface area (Å²) in [6.07, 6.45) is 1.80. The topological polar surface area (TPSA) is 59.8 Å². The Balaban J connectivity index is 1.57. The summed E-state index contributed by atoms with van der Waals surface area (Å²) in [6.45, 7) is 6.51. The fourth-order valence-electron chi connectivity index (χ4n) is 3.42. The minimum Gasteiger partial charge on any atom is -0.325 e. The summed E-state index contributed by atoms with van der Waals surface area (Å²) in [5.41, 5.74) is 3.84. The molecular formula is C24H20Cl2N4OS2. The number of halogens is 2. The van der Waals surface area contributed by atoms with Crippen molar-refractivity contribution in [2.24, 2.45) is 0 Å². The molecule has 0 aliphatic rings. The number of hydrogen-bond acceptors (Lipinski definition) is 5. The summed E-state index contributed by atoms with van der Waals surface area (Å²) in [4.78, 5) is 13.7. The zero-order valence-corrected chi connectivity index (χ0v) is 20.9. The molecular weight excluding hydrogens is 495 g/mol. The van der Waals surface area contributed by atoms with Crippen LogP contribution < -0.4 is 5.32 Å². The van der Waals surface area contributed by atoms with Gasteiger partial charge in [0.25, 0.3) is 0 Å². The number of thioether (sulfide) groups is 1. The Morgan fingerprint density at radius 1 is 1.18 bits per heavy atom. The molecule has 2 aromatic heterocycles. The predicted octanol–water partition coefficient (Wildman–Crippen LogP) is 7.21. The highest BCUT2D eigenvalue weighted by Gasteiger charge is 2.20. The van der Waals surface area contributed by atoms with Crippen LogP contribution >= 0.6 is 46.3 Å². The van der Waals surface area contributed by atoms with Crippen LogP contribution in [0, 0.1) is 6.92 Å². The van der Waals surface area contributed by atoms with E-state index in [0.29, 0.717) is 27.4 Å². The second-order valence-electron chi connectivity index (χ2n) is 7.15. The molecule has 0 aliphatic carbocycles. The first-order valence-corrected chi connectivity index (χ1v) is 12.6. The minimum atomic E-state index is -0.190. The lowest BCUT2D eigenvalue weighted by Gasteiger charge is -2.10. The summed E-state index contributed by atoms with van der Waals surface area (Å²) in [5, 5.41) is 15.3. The summed E-state index contributed by atoms with van der Waals surface area (Å²) in [6, 6.07) is 15.2. The molecule has 0 fully saturated rings. The van der Waals surface area contributed by atoms with Gasteiger partial charge in [-0.3, -0.25) is 9.36 Å². The Morgan fingerprint density at radius 3 is 2.61 bits per heavy atom. The van der Waals surface area contributed by atoms with Gasteiger partial charge in [-0.25, -0.2) is 0 Å². The van der Waals surface area contributed by atoms with Gasteiger partial charge >= 0.3 is 0 Å². The first-order chi connectivity index (χ1) is 16.0. The van der Waals surface area contributed by atoms with Crippen LogP contribution in [0.25, 0.3) is 22.5 Å². The summed E-state index contributed by atoms with van der Waals surface area (Å²) >= 11 is 15.0. The maximum Gasteiger partial charge on any atom is 0.234 e. The molecule has 33 heavy (non-hydrogen) atoms. The number of thiophene rings is 1. The second-order valence-corrected chi connectivity index (χ2v) is 10.0. The maximum absolute atomic E-state index is 12.5. The highest BCUT2D eigenvalue weighted by atomic mass is 35.5. The molecule has 0 unspecified atom stereocenters. The van der Waals surface area contributed by atoms with E-state index in [9.17, 15) is 4.79 Å². The van der Waals surface area contributed by atoms with E-state index < -0.39 is 0 Å². The van der Waals surface area contributed by atoms with Crippen molar-refractivity contribution >= 4 is 57.9 Å². The molecule has 1 N–H and O–H groups in total. The van der Waals surface area contributed by atoms with Crippen molar-refractivity contribution in [3.63, 3.8) is 0 Å². The van der Waals surface area contributed by atoms with E-state index in [0.717, 1.165) is 22.5 Å². The van der Waals surface area contributed by atoms with Crippen LogP contribution in [0.15, 0.2) is 71.7 Å². The third-order valence-electron chi connectivity index (χ3n) is 4.79. The first kappa shape index (κ1) is 23.6. The molecule has 0 saturated carbocycles. The molecule has 5 nitrogen and oxygen atoms in total. The van der Waals surface area contributed by atoms with E-state index in [1.165, 1.54) is 16.6 Å². The van der Waals surface area contributed by atoms with E-state index in [-0.39, 0.29) is 11.7 Å². The number of aromatic nitrogens is 3. The van der Waals surface area contributed by atoms with Crippen molar-refractivity contribution in [1.29, 1.82) is 0 Å². The van der Waals surface area contributed by atoms with Crippen LogP contribution in [-0.4, -0.2) is 26.4 Å². The van der Waals surface area contributed by atoms with Crippen molar-refractivity contribution < 1.29 is 4.79 Å². The average Bonchev–Trinajstić information content (AvgIpc) is 3.35. The molecule has 0 spiro atoms. The number of amides is 1. The predicted molar refractivity (Wildman–Crippen MR) is 140 cm³/mol. The Kier molecular flexibility index (Phi) is 7.55. The summed E-state index contributed by atoms with van der Waals surface area (Å²) in [5.74, 6) is 0.722. The van der Waals surface area contributed by atoms with Crippen molar-refractivity contribution in [2.75, 3.05) is 11.1 Å². The normalized spacial score (nSPS) is 10.9. The quantitative estimate of drug-likeness (QED) is 0.199. The third-order valence-corrected chi connectivity index (χ3v) is 7.10. The monoisotopic (exact) mass is 514 g/mol. The van der Waals surface area contributed by atoms with E-state index in [1.807, 2.05) is 22.8 Å². The fraction of sp³-hybridized carbons (Fsp3) is 0.125. The highest BCUT2D eigenvalue weighted by Crippen LogP contribution is 2.39. The molecule has 0 radical (unpaired) electrons. The number of carbonyl (C=O) groups is 1. The van der Waals surface area contributed by atoms with Gasteiger partial charge in [-0.05, 0) is 30.7 Å². The van der Waals surface area contributed by atoms with Gasteiger partial charge in [0.15, 0.2) is 11.0 Å². The number of aryl methyl sites for hydroxylation is 1. The van der Waals surface area contributed by atoms with Crippen LogP contribution in [-0.2, 0) is 11.3 Å². The van der Waals surface area contributed by atoms with Gasteiger partial charge in [-0.1, -0.05) is 71.4 Å². The standard InChI is InChI=1S/C24H20Cl2N4OS2/c1-3-9-30-23(20-13-32-15(2)22(20)16-7-5-4-6-8-16)28-29-24(30)33-14-21(31)27-19-11-17(25)10-18(26)12-19/h3-8,10-13H,1,9,14H2,2H3,(H,27,31). The molecule has 4 rings (SSSR count). The van der Waals surface area contributed by atoms with E-state index in [4.69, 9.17) is 23.2 Å². The van der Waals surface area contributed by atoms with Gasteiger partial charge in [0.05, 0.1) is 5.75 Å². The lowest BCUT2D eigenvalue weighted by atomic mass is 10.0. The Hall–Kier alpha value is -2.58. The van der Waals surface area contributed by atoms with Gasteiger partial charge in [0, 0.05) is 43.7 Å². The van der Waals surface area contributed by atoms with Crippen LogP contribution in [0.5, 0.6) is 0 Å². The van der Waals surface area contributed by atoms with Crippen LogP contribution in [0.1, 0.15) is 4.88 Å². The average molecular weight is 515 g/mol. The maximum atomic E-state index is 12.5. The molecule has 1 amide bonds. The Morgan fingerprint density at radius 2 is 1.91 bits per heavy atom. The minimum absolute atomic E-state index is 0.160. The third kappa shape index (κ3) is 5.50. The number of allylic oxidation sites excluding steroid dienone is 1. The molecule has 2 heterocycles. The molecule has 0 saturated heterocycles. The van der Waals surface area contributed by atoms with Crippen LogP contribution in [0.2, 0.25) is 10.0 Å². The number of carbonyl (C=O) groups excluding carboxylic acids is 1. The van der Waals surface area contributed by atoms with Gasteiger partial charge in [-0.2, -0.15) is 0 Å². The number of anilines is 1. The van der Waals surface area contributed by atoms with Crippen molar-refractivity contribution in [3.05, 3.63) is 81.5 Å². The van der Waals surface area contributed by atoms with Crippen molar-refractivity contribution in [1.82, 2.24) is 14.8 Å². The Labute approximate surface area is 210 Å². The molecule has 9 heteroatoms. The number of nitrogens with one attached hydrogen (secondary N) is 1. The van der Waals surface area contributed by atoms with E-state index in [2.05, 4.69) is 46.5 Å². The molecule has 0 atom stereocenters. The van der Waals surface area contributed by atoms with Gasteiger partial charge in [-0.15, -0.1) is 28.1 Å². The lowest BCUT2D eigenvalue weighted by Crippen LogP contribution is -2.14. The highest BCUT2D eigenvalue weighted by molar-refractivity contribution is 7.99. The smallest absolute Gasteiger partial charge is 0.234 e. The number of rotatable bonds is 8. The van der Waals surface area contributed by atoms with Gasteiger partial charge < -0.3 is 5.32 Å². The number of nitrogens with zero attached hydrogens (tertiary/aromatic N) is 3. The second kappa shape index (κ2) is 10.6. The fourth-order valence-corrected chi connectivity index (χ4v) is 5.56. The number of benzene rings is 2. The lowest BCUT2D eigenvalue weighted by molar-refractivity contribution is -0.113. The zero-order chi connectivity index (χ0) is 23.4. The van der Waals surface area contributed by atoms with Crippen LogP contribution in [0.3, 0.4) is 0 Å². The SMILES string of the molecule is C=CCn1c(SCC(=O)Nc2cc(Cl)cc(Cl)c2)nnc1-c1csc(C)c1-c1ccccc1. The molecule has 0 aliphatic heterocycles. The summed E-state index contributed by atoms with van der Waals surface area (Å²) < 4.78 is 1.98.